The van der Waals surface area contributed by atoms with Crippen LogP contribution in [-0.4, -0.2) is 82.1 Å². The van der Waals surface area contributed by atoms with Crippen LogP contribution in [0.5, 0.6) is 0 Å². The number of carbonyl (C=O) groups excluding carboxylic acids is 1. The molecule has 8 nitrogen and oxygen atoms in total. The second kappa shape index (κ2) is 15.3. The van der Waals surface area contributed by atoms with Crippen molar-refractivity contribution in [3.8, 4) is 0 Å². The number of hydrogen-bond acceptors (Lipinski definition) is 8. The first-order chi connectivity index (χ1) is 21.9. The van der Waals surface area contributed by atoms with Gasteiger partial charge in [0, 0.05) is 36.3 Å². The largest absolute Gasteiger partial charge is 0.462 e. The zero-order valence-corrected chi connectivity index (χ0v) is 29.0. The highest BCUT2D eigenvalue weighted by molar-refractivity contribution is 5.86. The Morgan fingerprint density at radius 1 is 0.800 bits per heavy atom. The van der Waals surface area contributed by atoms with Crippen LogP contribution < -0.4 is 10.6 Å². The molecule has 0 amide bonds. The molecular weight excluding hydrogens is 560 g/mol. The Labute approximate surface area is 274 Å². The van der Waals surface area contributed by atoms with E-state index in [1.807, 2.05) is 0 Å². The van der Waals surface area contributed by atoms with Gasteiger partial charge in [0.2, 0.25) is 0 Å². The van der Waals surface area contributed by atoms with Gasteiger partial charge in [0.25, 0.3) is 0 Å². The molecule has 8 heteroatoms. The predicted octanol–water partition coefficient (Wildman–Crippen LogP) is 6.92. The summed E-state index contributed by atoms with van der Waals surface area (Å²) >= 11 is 0. The molecule has 6 heterocycles. The van der Waals surface area contributed by atoms with Crippen molar-refractivity contribution in [2.24, 2.45) is 15.9 Å². The standard InChI is InChI=1S/C37H64N6O2/c1-5-6-7-8-9-10-13-16-29-24-32-20-21-33-34(27(4)39-37(41-29)43(32)33)35(44)45-26(3)15-12-11-14-17-28-23-31-19-18-30-22-25(2)38-36(40-28)42(30)31/h25-34H,5-24H2,1-4H3,(H,38,40)(H,39,41)/t25-,26?,27+,28+,29+,30+,31-,32-,33-,34-/m0/s1. The summed E-state index contributed by atoms with van der Waals surface area (Å²) < 4.78 is 6.12. The smallest absolute Gasteiger partial charge is 0.313 e. The van der Waals surface area contributed by atoms with E-state index in [9.17, 15) is 4.79 Å². The molecule has 10 atom stereocenters. The third-order valence-electron chi connectivity index (χ3n) is 12.0. The van der Waals surface area contributed by atoms with Gasteiger partial charge in [-0.25, -0.2) is 9.98 Å². The maximum atomic E-state index is 13.5. The third-order valence-corrected chi connectivity index (χ3v) is 12.0. The molecule has 2 N–H and O–H groups in total. The Bertz CT molecular complexity index is 1050. The van der Waals surface area contributed by atoms with Crippen molar-refractivity contribution in [2.45, 2.75) is 211 Å². The molecule has 0 radical (unpaired) electrons. The lowest BCUT2D eigenvalue weighted by Gasteiger charge is -2.47. The van der Waals surface area contributed by atoms with Crippen molar-refractivity contribution in [1.82, 2.24) is 20.4 Å². The Hall–Kier alpha value is -1.99. The minimum Gasteiger partial charge on any atom is -0.462 e. The van der Waals surface area contributed by atoms with E-state index in [4.69, 9.17) is 14.7 Å². The quantitative estimate of drug-likeness (QED) is 0.143. The number of nitrogens with zero attached hydrogens (tertiary/aromatic N) is 4. The van der Waals surface area contributed by atoms with Crippen LogP contribution in [0, 0.1) is 5.92 Å². The topological polar surface area (TPSA) is 81.6 Å². The van der Waals surface area contributed by atoms with Crippen LogP contribution in [0.1, 0.15) is 156 Å². The molecule has 0 saturated carbocycles. The summed E-state index contributed by atoms with van der Waals surface area (Å²) in [7, 11) is 0. The molecule has 0 aromatic heterocycles. The van der Waals surface area contributed by atoms with Gasteiger partial charge in [-0.2, -0.15) is 0 Å². The monoisotopic (exact) mass is 625 g/mol. The van der Waals surface area contributed by atoms with Crippen LogP contribution >= 0.6 is 0 Å². The molecule has 45 heavy (non-hydrogen) atoms. The maximum absolute atomic E-state index is 13.5. The lowest BCUT2D eigenvalue weighted by atomic mass is 9.89. The van der Waals surface area contributed by atoms with Gasteiger partial charge in [-0.3, -0.25) is 4.79 Å². The third kappa shape index (κ3) is 7.77. The zero-order valence-electron chi connectivity index (χ0n) is 29.0. The number of nitrogens with one attached hydrogen (secondary N) is 2. The fraction of sp³-hybridized carbons (Fsp3) is 0.919. The van der Waals surface area contributed by atoms with Gasteiger partial charge in [-0.05, 0) is 91.4 Å². The number of unbranched alkanes of at least 4 members (excludes halogenated alkanes) is 8. The maximum Gasteiger partial charge on any atom is 0.313 e. The van der Waals surface area contributed by atoms with Crippen LogP contribution in [0.2, 0.25) is 0 Å². The second-order valence-corrected chi connectivity index (χ2v) is 15.7. The van der Waals surface area contributed by atoms with Crippen LogP contribution in [-0.2, 0) is 9.53 Å². The first kappa shape index (κ1) is 32.9. The molecule has 6 rings (SSSR count). The second-order valence-electron chi connectivity index (χ2n) is 15.7. The molecule has 254 valence electrons. The van der Waals surface area contributed by atoms with Crippen molar-refractivity contribution < 1.29 is 9.53 Å². The average Bonchev–Trinajstić information content (AvgIpc) is 3.61. The van der Waals surface area contributed by atoms with Crippen molar-refractivity contribution in [1.29, 1.82) is 0 Å². The molecule has 0 bridgehead atoms. The van der Waals surface area contributed by atoms with Crippen molar-refractivity contribution >= 4 is 17.9 Å². The number of hydrogen-bond donors (Lipinski definition) is 2. The first-order valence-electron chi connectivity index (χ1n) is 19.4. The molecule has 1 unspecified atom stereocenters. The van der Waals surface area contributed by atoms with E-state index in [-0.39, 0.29) is 30.1 Å². The Kier molecular flexibility index (Phi) is 11.2. The first-order valence-corrected chi connectivity index (χ1v) is 19.4. The van der Waals surface area contributed by atoms with Gasteiger partial charge < -0.3 is 25.2 Å². The van der Waals surface area contributed by atoms with Crippen molar-refractivity contribution in [3.05, 3.63) is 0 Å². The molecule has 0 aromatic rings. The zero-order chi connectivity index (χ0) is 31.3. The number of esters is 1. The van der Waals surface area contributed by atoms with Crippen molar-refractivity contribution in [2.75, 3.05) is 0 Å². The summed E-state index contributed by atoms with van der Waals surface area (Å²) in [5, 5.41) is 7.46. The molecule has 6 aliphatic rings. The van der Waals surface area contributed by atoms with Crippen LogP contribution in [0.3, 0.4) is 0 Å². The Morgan fingerprint density at radius 2 is 1.47 bits per heavy atom. The van der Waals surface area contributed by atoms with Gasteiger partial charge in [-0.15, -0.1) is 0 Å². The summed E-state index contributed by atoms with van der Waals surface area (Å²) in [6.07, 6.45) is 24.9. The van der Waals surface area contributed by atoms with E-state index < -0.39 is 0 Å². The summed E-state index contributed by atoms with van der Waals surface area (Å²) in [4.78, 5) is 28.8. The molecule has 0 spiro atoms. The molecule has 6 aliphatic heterocycles. The predicted molar refractivity (Wildman–Crippen MR) is 184 cm³/mol. The fourth-order valence-corrected chi connectivity index (χ4v) is 9.74. The van der Waals surface area contributed by atoms with E-state index in [0.717, 1.165) is 25.2 Å². The van der Waals surface area contributed by atoms with Gasteiger partial charge >= 0.3 is 5.97 Å². The van der Waals surface area contributed by atoms with Gasteiger partial charge in [0.05, 0.1) is 24.1 Å². The fourth-order valence-electron chi connectivity index (χ4n) is 9.74. The highest BCUT2D eigenvalue weighted by Crippen LogP contribution is 2.40. The lowest BCUT2D eigenvalue weighted by Crippen LogP contribution is -2.63. The summed E-state index contributed by atoms with van der Waals surface area (Å²) in [6, 6.07) is 3.66. The Morgan fingerprint density at radius 3 is 2.29 bits per heavy atom. The molecule has 0 aliphatic carbocycles. The molecular formula is C37H64N6O2. The minimum atomic E-state index is -0.154. The normalized spacial score (nSPS) is 35.5. The highest BCUT2D eigenvalue weighted by atomic mass is 16.5. The number of ether oxygens (including phenoxy) is 1. The molecule has 0 aromatic carbocycles. The molecule has 4 saturated heterocycles. The number of carbonyl (C=O) groups is 1. The summed E-state index contributed by atoms with van der Waals surface area (Å²) in [6.45, 7) is 8.79. The number of rotatable bonds is 16. The van der Waals surface area contributed by atoms with Crippen molar-refractivity contribution in [3.63, 3.8) is 0 Å². The lowest BCUT2D eigenvalue weighted by molar-refractivity contribution is -0.156. The van der Waals surface area contributed by atoms with Crippen LogP contribution in [0.4, 0.5) is 0 Å². The highest BCUT2D eigenvalue weighted by Gasteiger charge is 2.51. The van der Waals surface area contributed by atoms with E-state index in [2.05, 4.69) is 48.1 Å². The average molecular weight is 625 g/mol. The van der Waals surface area contributed by atoms with E-state index in [1.54, 1.807) is 0 Å². The van der Waals surface area contributed by atoms with Gasteiger partial charge in [0.15, 0.2) is 11.9 Å². The van der Waals surface area contributed by atoms with E-state index in [0.29, 0.717) is 36.3 Å². The number of guanidine groups is 2. The molecule has 4 fully saturated rings. The number of aliphatic imine (C=N–C) groups is 2. The van der Waals surface area contributed by atoms with Gasteiger partial charge in [0.1, 0.15) is 0 Å². The summed E-state index contributed by atoms with van der Waals surface area (Å²) in [5.74, 6) is 2.06. The summed E-state index contributed by atoms with van der Waals surface area (Å²) in [5.41, 5.74) is 0. The SMILES string of the molecule is CCCCCCCCC[C@@H]1C[C@@H]2CC[C@H]3[C@@H](C(=O)OC(C)CCCCC[C@@H]4C[C@@H]5CC[C@@H]6C[C@H](C)NC(=N4)N65)[C@@H](C)N=C(N1)N23. The van der Waals surface area contributed by atoms with Gasteiger partial charge in [-0.1, -0.05) is 64.7 Å². The van der Waals surface area contributed by atoms with Crippen LogP contribution in [0.15, 0.2) is 9.98 Å². The van der Waals surface area contributed by atoms with E-state index in [1.165, 1.54) is 115 Å². The van der Waals surface area contributed by atoms with Crippen LogP contribution in [0.25, 0.3) is 0 Å². The minimum absolute atomic E-state index is 0.0275. The Balaban J connectivity index is 0.903. The van der Waals surface area contributed by atoms with E-state index >= 15 is 0 Å².